The van der Waals surface area contributed by atoms with E-state index in [0.717, 1.165) is 0 Å². The van der Waals surface area contributed by atoms with Crippen LogP contribution in [0.25, 0.3) is 0 Å². The van der Waals surface area contributed by atoms with E-state index in [1.165, 1.54) is 0 Å². The normalized spacial score (nSPS) is 23.4. The standard InChI is InChI=1S/C18H16N4O4/c1-2-25-17(24)13-15-21-7-8-22(15)14(20)12(9-19)18(13)11-6-4-3-5-10(11)16(23)26-18/h3-6,21H,2,7-8,20H2,1H3. The molecule has 0 aliphatic carbocycles. The lowest BCUT2D eigenvalue weighted by molar-refractivity contribution is -0.141. The van der Waals surface area contributed by atoms with Crippen LogP contribution in [-0.2, 0) is 19.9 Å². The minimum Gasteiger partial charge on any atom is -0.462 e. The van der Waals surface area contributed by atoms with E-state index in [1.807, 2.05) is 0 Å². The summed E-state index contributed by atoms with van der Waals surface area (Å²) >= 11 is 0. The van der Waals surface area contributed by atoms with E-state index in [2.05, 4.69) is 11.4 Å². The molecule has 1 spiro atoms. The number of esters is 2. The highest BCUT2D eigenvalue weighted by molar-refractivity contribution is 6.02. The number of ether oxygens (including phenoxy) is 2. The minimum absolute atomic E-state index is 0.00584. The molecule has 3 aliphatic heterocycles. The maximum Gasteiger partial charge on any atom is 0.342 e. The molecule has 8 nitrogen and oxygen atoms in total. The molecule has 132 valence electrons. The third-order valence-electron chi connectivity index (χ3n) is 4.75. The summed E-state index contributed by atoms with van der Waals surface area (Å²) in [6, 6.07) is 8.72. The van der Waals surface area contributed by atoms with Gasteiger partial charge in [-0.25, -0.2) is 9.59 Å². The molecular formula is C18H16N4O4. The van der Waals surface area contributed by atoms with Crippen LogP contribution in [-0.4, -0.2) is 36.5 Å². The van der Waals surface area contributed by atoms with Gasteiger partial charge in [0.25, 0.3) is 0 Å². The maximum atomic E-state index is 12.9. The molecule has 0 amide bonds. The van der Waals surface area contributed by atoms with E-state index >= 15 is 0 Å². The van der Waals surface area contributed by atoms with E-state index in [0.29, 0.717) is 30.0 Å². The fraction of sp³-hybridized carbons (Fsp3) is 0.278. The molecule has 3 aliphatic rings. The maximum absolute atomic E-state index is 12.9. The highest BCUT2D eigenvalue weighted by Crippen LogP contribution is 2.52. The average Bonchev–Trinajstić information content (AvgIpc) is 3.21. The van der Waals surface area contributed by atoms with Gasteiger partial charge < -0.3 is 25.4 Å². The van der Waals surface area contributed by atoms with E-state index in [4.69, 9.17) is 15.2 Å². The molecule has 0 aromatic heterocycles. The van der Waals surface area contributed by atoms with Gasteiger partial charge in [0.2, 0.25) is 5.60 Å². The SMILES string of the molecule is CCOC(=O)C1=C2NCCN2C(N)=C(C#N)C12OC(=O)c1ccccc12. The van der Waals surface area contributed by atoms with Gasteiger partial charge in [0.05, 0.1) is 12.2 Å². The van der Waals surface area contributed by atoms with Crippen LogP contribution < -0.4 is 11.1 Å². The van der Waals surface area contributed by atoms with Gasteiger partial charge in [-0.05, 0) is 13.0 Å². The summed E-state index contributed by atoms with van der Waals surface area (Å²) in [5, 5.41) is 13.0. The fourth-order valence-electron chi connectivity index (χ4n) is 3.73. The first-order chi connectivity index (χ1) is 12.6. The molecule has 1 aromatic carbocycles. The van der Waals surface area contributed by atoms with Crippen molar-refractivity contribution in [2.75, 3.05) is 19.7 Å². The van der Waals surface area contributed by atoms with Gasteiger partial charge in [-0.15, -0.1) is 0 Å². The van der Waals surface area contributed by atoms with Crippen LogP contribution in [0.1, 0.15) is 22.8 Å². The summed E-state index contributed by atoms with van der Waals surface area (Å²) in [6.45, 7) is 2.84. The van der Waals surface area contributed by atoms with Crippen LogP contribution in [0.4, 0.5) is 0 Å². The van der Waals surface area contributed by atoms with Gasteiger partial charge >= 0.3 is 11.9 Å². The molecule has 4 rings (SSSR count). The summed E-state index contributed by atoms with van der Waals surface area (Å²) in [5.41, 5.74) is 5.31. The second-order valence-corrected chi connectivity index (χ2v) is 6.01. The topological polar surface area (TPSA) is 118 Å². The number of carbonyl (C=O) groups excluding carboxylic acids is 2. The molecule has 1 aromatic rings. The number of nitrogens with zero attached hydrogens (tertiary/aromatic N) is 2. The monoisotopic (exact) mass is 352 g/mol. The zero-order valence-corrected chi connectivity index (χ0v) is 14.0. The van der Waals surface area contributed by atoms with Crippen molar-refractivity contribution in [1.29, 1.82) is 5.26 Å². The van der Waals surface area contributed by atoms with Crippen LogP contribution in [0.5, 0.6) is 0 Å². The number of benzene rings is 1. The predicted octanol–water partition coefficient (Wildman–Crippen LogP) is 0.440. The number of nitrogens with two attached hydrogens (primary N) is 1. The van der Waals surface area contributed by atoms with Crippen LogP contribution in [0, 0.1) is 11.3 Å². The quantitative estimate of drug-likeness (QED) is 0.736. The number of hydrogen-bond acceptors (Lipinski definition) is 8. The Morgan fingerprint density at radius 3 is 3.00 bits per heavy atom. The summed E-state index contributed by atoms with van der Waals surface area (Å²) in [5.74, 6) is -0.712. The molecule has 26 heavy (non-hydrogen) atoms. The third kappa shape index (κ3) is 1.82. The minimum atomic E-state index is -1.71. The number of hydrogen-bond donors (Lipinski definition) is 2. The zero-order chi connectivity index (χ0) is 18.5. The summed E-state index contributed by atoms with van der Waals surface area (Å²) in [6.07, 6.45) is 0. The van der Waals surface area contributed by atoms with Crippen molar-refractivity contribution in [3.63, 3.8) is 0 Å². The predicted molar refractivity (Wildman–Crippen MR) is 88.7 cm³/mol. The van der Waals surface area contributed by atoms with E-state index < -0.39 is 17.5 Å². The molecule has 1 atom stereocenters. The number of nitriles is 1. The molecule has 3 N–H and O–H groups in total. The lowest BCUT2D eigenvalue weighted by Crippen LogP contribution is -2.46. The highest BCUT2D eigenvalue weighted by Gasteiger charge is 2.60. The van der Waals surface area contributed by atoms with Crippen LogP contribution in [0.2, 0.25) is 0 Å². The lowest BCUT2D eigenvalue weighted by atomic mass is 9.77. The third-order valence-corrected chi connectivity index (χ3v) is 4.75. The number of rotatable bonds is 2. The first-order valence-corrected chi connectivity index (χ1v) is 8.22. The number of carbonyl (C=O) groups is 2. The first kappa shape index (κ1) is 16.0. The van der Waals surface area contributed by atoms with E-state index in [-0.39, 0.29) is 23.6 Å². The highest BCUT2D eigenvalue weighted by atomic mass is 16.6. The summed E-state index contributed by atoms with van der Waals surface area (Å²) in [7, 11) is 0. The van der Waals surface area contributed by atoms with Gasteiger partial charge in [0, 0.05) is 18.7 Å². The number of nitrogens with one attached hydrogen (secondary N) is 1. The van der Waals surface area contributed by atoms with Crippen LogP contribution in [0.15, 0.2) is 47.1 Å². The molecular weight excluding hydrogens is 336 g/mol. The van der Waals surface area contributed by atoms with Crippen molar-refractivity contribution < 1.29 is 19.1 Å². The van der Waals surface area contributed by atoms with Gasteiger partial charge in [-0.2, -0.15) is 5.26 Å². The Kier molecular flexibility index (Phi) is 3.40. The van der Waals surface area contributed by atoms with Gasteiger partial charge in [0.15, 0.2) is 0 Å². The Hall–Kier alpha value is -3.47. The fourth-order valence-corrected chi connectivity index (χ4v) is 3.73. The second-order valence-electron chi connectivity index (χ2n) is 6.01. The first-order valence-electron chi connectivity index (χ1n) is 8.22. The molecule has 0 saturated carbocycles. The zero-order valence-electron chi connectivity index (χ0n) is 14.0. The van der Waals surface area contributed by atoms with Gasteiger partial charge in [-0.3, -0.25) is 0 Å². The molecule has 8 heteroatoms. The largest absolute Gasteiger partial charge is 0.462 e. The summed E-state index contributed by atoms with van der Waals surface area (Å²) in [4.78, 5) is 27.0. The average molecular weight is 352 g/mol. The van der Waals surface area contributed by atoms with Crippen LogP contribution in [0.3, 0.4) is 0 Å². The smallest absolute Gasteiger partial charge is 0.342 e. The molecule has 0 bridgehead atoms. The van der Waals surface area contributed by atoms with Crippen molar-refractivity contribution in [2.24, 2.45) is 5.73 Å². The Balaban J connectivity index is 2.08. The Labute approximate surface area is 149 Å². The number of fused-ring (bicyclic) bond motifs is 3. The van der Waals surface area contributed by atoms with Crippen molar-refractivity contribution >= 4 is 11.9 Å². The Morgan fingerprint density at radius 2 is 2.27 bits per heavy atom. The molecule has 1 saturated heterocycles. The molecule has 1 fully saturated rings. The molecule has 3 heterocycles. The lowest BCUT2D eigenvalue weighted by Gasteiger charge is -2.38. The van der Waals surface area contributed by atoms with Crippen molar-refractivity contribution in [1.82, 2.24) is 10.2 Å². The van der Waals surface area contributed by atoms with Crippen molar-refractivity contribution in [3.05, 3.63) is 58.2 Å². The molecule has 0 radical (unpaired) electrons. The van der Waals surface area contributed by atoms with E-state index in [9.17, 15) is 14.9 Å². The Bertz CT molecular complexity index is 943. The van der Waals surface area contributed by atoms with Crippen molar-refractivity contribution in [3.8, 4) is 6.07 Å². The summed E-state index contributed by atoms with van der Waals surface area (Å²) < 4.78 is 10.9. The second kappa shape index (κ2) is 5.52. The van der Waals surface area contributed by atoms with Gasteiger partial charge in [0.1, 0.15) is 28.9 Å². The van der Waals surface area contributed by atoms with Gasteiger partial charge in [-0.1, -0.05) is 18.2 Å². The van der Waals surface area contributed by atoms with Crippen molar-refractivity contribution in [2.45, 2.75) is 12.5 Å². The van der Waals surface area contributed by atoms with Crippen LogP contribution >= 0.6 is 0 Å². The Morgan fingerprint density at radius 1 is 1.50 bits per heavy atom. The molecule has 1 unspecified atom stereocenters. The van der Waals surface area contributed by atoms with E-state index in [1.54, 1.807) is 36.1 Å².